The monoisotopic (exact) mass is 449 g/mol. The molecule has 0 bridgehead atoms. The van der Waals surface area contributed by atoms with E-state index in [2.05, 4.69) is 10.6 Å². The van der Waals surface area contributed by atoms with Crippen LogP contribution in [-0.2, 0) is 19.1 Å². The van der Waals surface area contributed by atoms with Crippen LogP contribution < -0.4 is 20.1 Å². The molecule has 1 fully saturated rings. The second kappa shape index (κ2) is 8.59. The molecule has 0 spiro atoms. The summed E-state index contributed by atoms with van der Waals surface area (Å²) in [5.74, 6) is 0.203. The molecule has 2 aromatic rings. The molecule has 0 saturated carbocycles. The number of hydrogen-bond donors (Lipinski definition) is 2. The van der Waals surface area contributed by atoms with Gasteiger partial charge >= 0.3 is 0 Å². The average Bonchev–Trinajstić information content (AvgIpc) is 3.52. The number of carbonyl (C=O) groups is 3. The minimum absolute atomic E-state index is 0.139. The van der Waals surface area contributed by atoms with Crippen LogP contribution in [0.15, 0.2) is 48.2 Å². The maximum atomic E-state index is 13.4. The number of amides is 3. The number of anilines is 2. The van der Waals surface area contributed by atoms with Crippen molar-refractivity contribution in [3.63, 3.8) is 0 Å². The van der Waals surface area contributed by atoms with Crippen molar-refractivity contribution in [2.75, 3.05) is 30.6 Å². The van der Waals surface area contributed by atoms with Gasteiger partial charge in [-0.1, -0.05) is 12.1 Å². The van der Waals surface area contributed by atoms with Crippen LogP contribution >= 0.6 is 0 Å². The Morgan fingerprint density at radius 1 is 1.03 bits per heavy atom. The molecule has 1 saturated heterocycles. The molecule has 2 aromatic carbocycles. The molecule has 1 atom stereocenters. The second-order valence-corrected chi connectivity index (χ2v) is 8.06. The molecule has 33 heavy (non-hydrogen) atoms. The van der Waals surface area contributed by atoms with Gasteiger partial charge in [0.05, 0.1) is 18.2 Å². The Labute approximate surface area is 190 Å². The number of hydrogen-bond acceptors (Lipinski definition) is 7. The van der Waals surface area contributed by atoms with Crippen LogP contribution in [0.4, 0.5) is 11.4 Å². The van der Waals surface area contributed by atoms with Gasteiger partial charge in [0.15, 0.2) is 11.5 Å². The highest BCUT2D eigenvalue weighted by atomic mass is 16.7. The second-order valence-electron chi connectivity index (χ2n) is 8.06. The standard InChI is InChI=1S/C24H23N3O6/c1-14(28)25-16-6-4-15(5-7-16)21-22(26-17-8-9-19-20(11-17)33-13-32-19)24(30)27(23(21)29)12-18-3-2-10-31-18/h4-9,11,18,26H,2-3,10,12-13H2,1H3,(H,25,28). The molecular weight excluding hydrogens is 426 g/mol. The third kappa shape index (κ3) is 4.14. The number of fused-ring (bicyclic) bond motifs is 1. The molecule has 0 radical (unpaired) electrons. The number of carbonyl (C=O) groups excluding carboxylic acids is 3. The number of nitrogens with one attached hydrogen (secondary N) is 2. The molecule has 3 heterocycles. The number of ether oxygens (including phenoxy) is 3. The van der Waals surface area contributed by atoms with Crippen LogP contribution in [0.3, 0.4) is 0 Å². The minimum atomic E-state index is -0.408. The van der Waals surface area contributed by atoms with E-state index < -0.39 is 5.91 Å². The highest BCUT2D eigenvalue weighted by Gasteiger charge is 2.40. The summed E-state index contributed by atoms with van der Waals surface area (Å²) in [7, 11) is 0. The van der Waals surface area contributed by atoms with Crippen LogP contribution in [0.2, 0.25) is 0 Å². The molecular formula is C24H23N3O6. The summed E-state index contributed by atoms with van der Waals surface area (Å²) in [5, 5.41) is 5.82. The summed E-state index contributed by atoms with van der Waals surface area (Å²) in [6, 6.07) is 12.1. The first kappa shape index (κ1) is 21.0. The molecule has 3 amide bonds. The normalized spacial score (nSPS) is 19.4. The van der Waals surface area contributed by atoms with Gasteiger partial charge in [0, 0.05) is 31.0 Å². The highest BCUT2D eigenvalue weighted by molar-refractivity contribution is 6.36. The van der Waals surface area contributed by atoms with Crippen molar-refractivity contribution < 1.29 is 28.6 Å². The zero-order chi connectivity index (χ0) is 22.9. The van der Waals surface area contributed by atoms with Gasteiger partial charge in [-0.2, -0.15) is 0 Å². The lowest BCUT2D eigenvalue weighted by Crippen LogP contribution is -2.38. The van der Waals surface area contributed by atoms with E-state index >= 15 is 0 Å². The number of rotatable bonds is 6. The molecule has 2 N–H and O–H groups in total. The van der Waals surface area contributed by atoms with E-state index in [0.29, 0.717) is 35.0 Å². The number of nitrogens with zero attached hydrogens (tertiary/aromatic N) is 1. The van der Waals surface area contributed by atoms with Crippen molar-refractivity contribution in [3.05, 3.63) is 53.7 Å². The van der Waals surface area contributed by atoms with Crippen molar-refractivity contribution in [3.8, 4) is 11.5 Å². The van der Waals surface area contributed by atoms with Gasteiger partial charge < -0.3 is 24.8 Å². The molecule has 9 nitrogen and oxygen atoms in total. The minimum Gasteiger partial charge on any atom is -0.454 e. The molecule has 3 aliphatic rings. The van der Waals surface area contributed by atoms with E-state index in [1.54, 1.807) is 42.5 Å². The van der Waals surface area contributed by atoms with E-state index in [4.69, 9.17) is 14.2 Å². The van der Waals surface area contributed by atoms with Crippen LogP contribution in [0.5, 0.6) is 11.5 Å². The molecule has 3 aliphatic heterocycles. The van der Waals surface area contributed by atoms with Crippen LogP contribution in [0.25, 0.3) is 5.57 Å². The summed E-state index contributed by atoms with van der Waals surface area (Å²) in [5.41, 5.74) is 2.22. The van der Waals surface area contributed by atoms with Gasteiger partial charge in [-0.15, -0.1) is 0 Å². The Bertz CT molecular complexity index is 1150. The predicted molar refractivity (Wildman–Crippen MR) is 120 cm³/mol. The predicted octanol–water partition coefficient (Wildman–Crippen LogP) is 2.74. The Kier molecular flexibility index (Phi) is 5.47. The lowest BCUT2D eigenvalue weighted by molar-refractivity contribution is -0.138. The lowest BCUT2D eigenvalue weighted by atomic mass is 10.0. The van der Waals surface area contributed by atoms with E-state index in [-0.39, 0.29) is 42.5 Å². The summed E-state index contributed by atoms with van der Waals surface area (Å²) < 4.78 is 16.4. The summed E-state index contributed by atoms with van der Waals surface area (Å²) in [6.45, 7) is 2.40. The van der Waals surface area contributed by atoms with E-state index in [9.17, 15) is 14.4 Å². The van der Waals surface area contributed by atoms with Gasteiger partial charge in [0.25, 0.3) is 11.8 Å². The number of benzene rings is 2. The van der Waals surface area contributed by atoms with E-state index in [1.165, 1.54) is 11.8 Å². The van der Waals surface area contributed by atoms with E-state index in [0.717, 1.165) is 12.8 Å². The maximum absolute atomic E-state index is 13.4. The Morgan fingerprint density at radius 3 is 2.52 bits per heavy atom. The Balaban J connectivity index is 1.49. The van der Waals surface area contributed by atoms with Crippen molar-refractivity contribution >= 4 is 34.7 Å². The first-order chi connectivity index (χ1) is 16.0. The molecule has 0 aliphatic carbocycles. The van der Waals surface area contributed by atoms with Crippen molar-refractivity contribution in [2.45, 2.75) is 25.9 Å². The van der Waals surface area contributed by atoms with Gasteiger partial charge in [-0.25, -0.2) is 0 Å². The van der Waals surface area contributed by atoms with Crippen molar-refractivity contribution in [1.29, 1.82) is 0 Å². The first-order valence-corrected chi connectivity index (χ1v) is 10.8. The van der Waals surface area contributed by atoms with Crippen LogP contribution in [0.1, 0.15) is 25.3 Å². The smallest absolute Gasteiger partial charge is 0.278 e. The third-order valence-corrected chi connectivity index (χ3v) is 5.71. The molecule has 9 heteroatoms. The number of imide groups is 1. The van der Waals surface area contributed by atoms with Gasteiger partial charge in [0.1, 0.15) is 5.70 Å². The van der Waals surface area contributed by atoms with Gasteiger partial charge in [-0.05, 0) is 42.7 Å². The highest BCUT2D eigenvalue weighted by Crippen LogP contribution is 2.37. The fourth-order valence-electron chi connectivity index (χ4n) is 4.16. The van der Waals surface area contributed by atoms with Gasteiger partial charge in [0.2, 0.25) is 12.7 Å². The summed E-state index contributed by atoms with van der Waals surface area (Å²) in [6.07, 6.45) is 1.56. The third-order valence-electron chi connectivity index (χ3n) is 5.71. The topological polar surface area (TPSA) is 106 Å². The van der Waals surface area contributed by atoms with Gasteiger partial charge in [-0.3, -0.25) is 19.3 Å². The first-order valence-electron chi connectivity index (χ1n) is 10.8. The van der Waals surface area contributed by atoms with Crippen LogP contribution in [-0.4, -0.2) is 48.7 Å². The zero-order valence-corrected chi connectivity index (χ0v) is 18.1. The molecule has 0 aromatic heterocycles. The van der Waals surface area contributed by atoms with Crippen LogP contribution in [0, 0.1) is 0 Å². The Morgan fingerprint density at radius 2 is 1.79 bits per heavy atom. The zero-order valence-electron chi connectivity index (χ0n) is 18.1. The molecule has 170 valence electrons. The SMILES string of the molecule is CC(=O)Nc1ccc(C2=C(Nc3ccc4c(c3)OCO4)C(=O)N(CC3CCCO3)C2=O)cc1. The quantitative estimate of drug-likeness (QED) is 0.653. The Hall–Kier alpha value is -3.85. The fraction of sp³-hybridized carbons (Fsp3) is 0.292. The van der Waals surface area contributed by atoms with E-state index in [1.807, 2.05) is 0 Å². The maximum Gasteiger partial charge on any atom is 0.278 e. The lowest BCUT2D eigenvalue weighted by Gasteiger charge is -2.19. The molecule has 1 unspecified atom stereocenters. The molecule has 5 rings (SSSR count). The van der Waals surface area contributed by atoms with Crippen molar-refractivity contribution in [1.82, 2.24) is 4.90 Å². The largest absolute Gasteiger partial charge is 0.454 e. The summed E-state index contributed by atoms with van der Waals surface area (Å²) >= 11 is 0. The average molecular weight is 449 g/mol. The summed E-state index contributed by atoms with van der Waals surface area (Å²) in [4.78, 5) is 39.3. The van der Waals surface area contributed by atoms with Crippen molar-refractivity contribution in [2.24, 2.45) is 0 Å². The fourth-order valence-corrected chi connectivity index (χ4v) is 4.16.